The second-order valence-corrected chi connectivity index (χ2v) is 4.43. The minimum atomic E-state index is -0.170. The van der Waals surface area contributed by atoms with Crippen LogP contribution in [-0.4, -0.2) is 43.4 Å². The van der Waals surface area contributed by atoms with E-state index >= 15 is 0 Å². The third-order valence-corrected chi connectivity index (χ3v) is 2.53. The predicted octanol–water partition coefficient (Wildman–Crippen LogP) is 2.02. The zero-order chi connectivity index (χ0) is 13.1. The Hall–Kier alpha value is -0.900. The number of ketones is 1. The molecule has 4 heteroatoms. The highest BCUT2D eigenvalue weighted by atomic mass is 16.5. The van der Waals surface area contributed by atoms with Gasteiger partial charge in [-0.1, -0.05) is 13.3 Å². The summed E-state index contributed by atoms with van der Waals surface area (Å²) in [6.07, 6.45) is 3.88. The molecule has 0 saturated heterocycles. The van der Waals surface area contributed by atoms with E-state index in [1.54, 1.807) is 6.92 Å². The van der Waals surface area contributed by atoms with Crippen LogP contribution >= 0.6 is 0 Å². The molecule has 0 atom stereocenters. The molecule has 0 N–H and O–H groups in total. The molecule has 0 saturated carbocycles. The molecule has 100 valence electrons. The van der Waals surface area contributed by atoms with Crippen LogP contribution in [0.15, 0.2) is 0 Å². The predicted molar refractivity (Wildman–Crippen MR) is 67.9 cm³/mol. The van der Waals surface area contributed by atoms with E-state index in [4.69, 9.17) is 4.74 Å². The highest BCUT2D eigenvalue weighted by Crippen LogP contribution is 1.97. The first-order chi connectivity index (χ1) is 8.06. The maximum atomic E-state index is 11.3. The van der Waals surface area contributed by atoms with E-state index < -0.39 is 0 Å². The van der Waals surface area contributed by atoms with Crippen molar-refractivity contribution in [3.8, 4) is 0 Å². The van der Waals surface area contributed by atoms with Gasteiger partial charge >= 0.3 is 5.97 Å². The summed E-state index contributed by atoms with van der Waals surface area (Å²) in [5, 5.41) is 0. The first-order valence-electron chi connectivity index (χ1n) is 6.39. The van der Waals surface area contributed by atoms with Crippen molar-refractivity contribution in [2.75, 3.05) is 26.7 Å². The van der Waals surface area contributed by atoms with Crippen molar-refractivity contribution in [1.82, 2.24) is 4.90 Å². The minimum absolute atomic E-state index is 0.139. The first-order valence-corrected chi connectivity index (χ1v) is 6.39. The lowest BCUT2D eigenvalue weighted by Gasteiger charge is -2.15. The van der Waals surface area contributed by atoms with Crippen LogP contribution in [0, 0.1) is 0 Å². The van der Waals surface area contributed by atoms with Gasteiger partial charge in [-0.05, 0) is 33.4 Å². The Balaban J connectivity index is 3.42. The van der Waals surface area contributed by atoms with Crippen LogP contribution < -0.4 is 0 Å². The summed E-state index contributed by atoms with van der Waals surface area (Å²) in [5.41, 5.74) is 0. The monoisotopic (exact) mass is 243 g/mol. The third-order valence-electron chi connectivity index (χ3n) is 2.53. The molecule has 0 heterocycles. The summed E-state index contributed by atoms with van der Waals surface area (Å²) in [5.74, 6) is -0.0303. The molecule has 0 spiro atoms. The molecule has 0 aromatic heterocycles. The van der Waals surface area contributed by atoms with Crippen molar-refractivity contribution in [1.29, 1.82) is 0 Å². The summed E-state index contributed by atoms with van der Waals surface area (Å²) in [6.45, 7) is 5.82. The van der Waals surface area contributed by atoms with Crippen LogP contribution in [0.2, 0.25) is 0 Å². The van der Waals surface area contributed by atoms with Crippen LogP contribution in [0.1, 0.15) is 46.0 Å². The van der Waals surface area contributed by atoms with Crippen LogP contribution in [0.3, 0.4) is 0 Å². The van der Waals surface area contributed by atoms with Crippen molar-refractivity contribution in [2.45, 2.75) is 46.0 Å². The van der Waals surface area contributed by atoms with Gasteiger partial charge in [0.05, 0.1) is 13.0 Å². The fourth-order valence-corrected chi connectivity index (χ4v) is 1.40. The molecule has 0 aliphatic rings. The number of carbonyl (C=O) groups excluding carboxylic acids is 2. The Morgan fingerprint density at radius 1 is 1.12 bits per heavy atom. The Morgan fingerprint density at radius 2 is 1.82 bits per heavy atom. The van der Waals surface area contributed by atoms with Gasteiger partial charge in [-0.3, -0.25) is 4.79 Å². The van der Waals surface area contributed by atoms with Crippen LogP contribution in [0.5, 0.6) is 0 Å². The zero-order valence-corrected chi connectivity index (χ0v) is 11.3. The molecule has 0 aromatic rings. The lowest BCUT2D eigenvalue weighted by atomic mass is 10.2. The van der Waals surface area contributed by atoms with Gasteiger partial charge in [-0.2, -0.15) is 0 Å². The quantitative estimate of drug-likeness (QED) is 0.435. The van der Waals surface area contributed by atoms with Crippen molar-refractivity contribution < 1.29 is 14.3 Å². The smallest absolute Gasteiger partial charge is 0.307 e. The summed E-state index contributed by atoms with van der Waals surface area (Å²) >= 11 is 0. The van der Waals surface area contributed by atoms with Crippen LogP contribution in [0.25, 0.3) is 0 Å². The SMILES string of the molecule is CCCCN(C)CCC(=O)OCCCC(C)=O. The molecule has 0 radical (unpaired) electrons. The highest BCUT2D eigenvalue weighted by molar-refractivity contribution is 5.75. The number of esters is 1. The van der Waals surface area contributed by atoms with Gasteiger partial charge in [-0.25, -0.2) is 0 Å². The van der Waals surface area contributed by atoms with Crippen molar-refractivity contribution >= 4 is 11.8 Å². The molecule has 0 fully saturated rings. The minimum Gasteiger partial charge on any atom is -0.466 e. The van der Waals surface area contributed by atoms with Crippen molar-refractivity contribution in [3.05, 3.63) is 0 Å². The van der Waals surface area contributed by atoms with Gasteiger partial charge in [0.15, 0.2) is 0 Å². The Kier molecular flexibility index (Phi) is 9.72. The largest absolute Gasteiger partial charge is 0.466 e. The number of ether oxygens (including phenoxy) is 1. The lowest BCUT2D eigenvalue weighted by molar-refractivity contribution is -0.144. The number of carbonyl (C=O) groups is 2. The normalized spacial score (nSPS) is 10.6. The number of hydrogen-bond donors (Lipinski definition) is 0. The average molecular weight is 243 g/mol. The molecule has 0 aliphatic carbocycles. The third kappa shape index (κ3) is 11.4. The molecular weight excluding hydrogens is 218 g/mol. The maximum Gasteiger partial charge on any atom is 0.307 e. The Labute approximate surface area is 104 Å². The molecule has 0 rings (SSSR count). The maximum absolute atomic E-state index is 11.3. The van der Waals surface area contributed by atoms with Crippen molar-refractivity contribution in [2.24, 2.45) is 0 Å². The van der Waals surface area contributed by atoms with E-state index in [1.807, 2.05) is 7.05 Å². The van der Waals surface area contributed by atoms with E-state index in [-0.39, 0.29) is 11.8 Å². The Bertz CT molecular complexity index is 229. The van der Waals surface area contributed by atoms with E-state index in [2.05, 4.69) is 11.8 Å². The van der Waals surface area contributed by atoms with Gasteiger partial charge < -0.3 is 14.4 Å². The molecule has 0 unspecified atom stereocenters. The number of rotatable bonds is 10. The fourth-order valence-electron chi connectivity index (χ4n) is 1.40. The summed E-state index contributed by atoms with van der Waals surface area (Å²) in [6, 6.07) is 0. The van der Waals surface area contributed by atoms with Gasteiger partial charge in [0, 0.05) is 13.0 Å². The number of Topliss-reactive ketones (excluding diaryl/α,β-unsaturated/α-hetero) is 1. The highest BCUT2D eigenvalue weighted by Gasteiger charge is 2.05. The van der Waals surface area contributed by atoms with Gasteiger partial charge in [0.2, 0.25) is 0 Å². The van der Waals surface area contributed by atoms with E-state index in [9.17, 15) is 9.59 Å². The Morgan fingerprint density at radius 3 is 2.41 bits per heavy atom. The van der Waals surface area contributed by atoms with Crippen LogP contribution in [-0.2, 0) is 14.3 Å². The number of nitrogens with zero attached hydrogens (tertiary/aromatic N) is 1. The molecule has 17 heavy (non-hydrogen) atoms. The number of hydrogen-bond acceptors (Lipinski definition) is 4. The molecule has 0 bridgehead atoms. The second-order valence-electron chi connectivity index (χ2n) is 4.43. The van der Waals surface area contributed by atoms with E-state index in [0.29, 0.717) is 25.9 Å². The molecular formula is C13H25NO3. The van der Waals surface area contributed by atoms with Gasteiger partial charge in [0.1, 0.15) is 5.78 Å². The summed E-state index contributed by atoms with van der Waals surface area (Å²) < 4.78 is 5.03. The lowest BCUT2D eigenvalue weighted by Crippen LogP contribution is -2.23. The first kappa shape index (κ1) is 16.1. The summed E-state index contributed by atoms with van der Waals surface area (Å²) in [4.78, 5) is 24.1. The van der Waals surface area contributed by atoms with E-state index in [1.165, 1.54) is 6.42 Å². The molecule has 0 amide bonds. The molecule has 4 nitrogen and oxygen atoms in total. The topological polar surface area (TPSA) is 46.6 Å². The molecule has 0 aliphatic heterocycles. The zero-order valence-electron chi connectivity index (χ0n) is 11.3. The standard InChI is InChI=1S/C13H25NO3/c1-4-5-9-14(3)10-8-13(16)17-11-6-7-12(2)15/h4-11H2,1-3H3. The number of unbranched alkanes of at least 4 members (excludes halogenated alkanes) is 1. The van der Waals surface area contributed by atoms with E-state index in [0.717, 1.165) is 19.5 Å². The summed E-state index contributed by atoms with van der Waals surface area (Å²) in [7, 11) is 2.01. The van der Waals surface area contributed by atoms with Gasteiger partial charge in [-0.15, -0.1) is 0 Å². The fraction of sp³-hybridized carbons (Fsp3) is 0.846. The average Bonchev–Trinajstić information content (AvgIpc) is 2.29. The van der Waals surface area contributed by atoms with Gasteiger partial charge in [0.25, 0.3) is 0 Å². The van der Waals surface area contributed by atoms with Crippen molar-refractivity contribution in [3.63, 3.8) is 0 Å². The second kappa shape index (κ2) is 10.3. The molecule has 0 aromatic carbocycles. The van der Waals surface area contributed by atoms with Crippen LogP contribution in [0.4, 0.5) is 0 Å².